The van der Waals surface area contributed by atoms with Crippen molar-refractivity contribution in [2.24, 2.45) is 0 Å². The largest absolute Gasteiger partial charge is 0.289 e. The van der Waals surface area contributed by atoms with E-state index in [-0.39, 0.29) is 5.78 Å². The van der Waals surface area contributed by atoms with Gasteiger partial charge in [-0.1, -0.05) is 36.4 Å². The highest BCUT2D eigenvalue weighted by Gasteiger charge is 2.11. The zero-order chi connectivity index (χ0) is 16.4. The van der Waals surface area contributed by atoms with Gasteiger partial charge < -0.3 is 0 Å². The summed E-state index contributed by atoms with van der Waals surface area (Å²) in [5.41, 5.74) is 5.91. The van der Waals surface area contributed by atoms with Crippen molar-refractivity contribution in [1.82, 2.24) is 0 Å². The number of thiophene rings is 2. The van der Waals surface area contributed by atoms with Crippen LogP contribution in [0.15, 0.2) is 82.2 Å². The lowest BCUT2D eigenvalue weighted by atomic mass is 9.97. The molecule has 3 heteroatoms. The number of rotatable bonds is 4. The molecule has 0 spiro atoms. The number of carbonyl (C=O) groups excluding carboxylic acids is 1. The van der Waals surface area contributed by atoms with Gasteiger partial charge in [-0.15, -0.1) is 0 Å². The molecule has 116 valence electrons. The van der Waals surface area contributed by atoms with Crippen molar-refractivity contribution in [2.75, 3.05) is 0 Å². The van der Waals surface area contributed by atoms with E-state index in [2.05, 4.69) is 22.9 Å². The third-order valence-electron chi connectivity index (χ3n) is 3.96. The molecule has 2 aromatic heterocycles. The van der Waals surface area contributed by atoms with Gasteiger partial charge in [0.15, 0.2) is 5.78 Å². The predicted molar refractivity (Wildman–Crippen MR) is 103 cm³/mol. The van der Waals surface area contributed by atoms with Crippen LogP contribution in [0.2, 0.25) is 0 Å². The highest BCUT2D eigenvalue weighted by Crippen LogP contribution is 2.26. The Morgan fingerprint density at radius 1 is 0.625 bits per heavy atom. The molecule has 0 bridgehead atoms. The van der Waals surface area contributed by atoms with E-state index >= 15 is 0 Å². The molecule has 0 aliphatic carbocycles. The fourth-order valence-electron chi connectivity index (χ4n) is 2.70. The third kappa shape index (κ3) is 2.96. The molecule has 2 aromatic carbocycles. The molecule has 0 aliphatic heterocycles. The lowest BCUT2D eigenvalue weighted by Crippen LogP contribution is -2.01. The van der Waals surface area contributed by atoms with Gasteiger partial charge in [0.05, 0.1) is 0 Å². The Bertz CT molecular complexity index is 887. The van der Waals surface area contributed by atoms with Crippen LogP contribution in [0.1, 0.15) is 15.9 Å². The van der Waals surface area contributed by atoms with Crippen LogP contribution in [0, 0.1) is 0 Å². The second kappa shape index (κ2) is 6.56. The van der Waals surface area contributed by atoms with Crippen LogP contribution in [-0.2, 0) is 0 Å². The fourth-order valence-corrected chi connectivity index (χ4v) is 4.03. The van der Waals surface area contributed by atoms with Crippen LogP contribution in [0.5, 0.6) is 0 Å². The van der Waals surface area contributed by atoms with Crippen molar-refractivity contribution in [3.8, 4) is 22.3 Å². The zero-order valence-electron chi connectivity index (χ0n) is 12.8. The maximum atomic E-state index is 12.9. The van der Waals surface area contributed by atoms with Gasteiger partial charge >= 0.3 is 0 Å². The summed E-state index contributed by atoms with van der Waals surface area (Å²) in [5.74, 6) is 0.0594. The van der Waals surface area contributed by atoms with E-state index in [9.17, 15) is 4.79 Å². The molecule has 0 aliphatic rings. The summed E-state index contributed by atoms with van der Waals surface area (Å²) in [6, 6.07) is 19.8. The normalized spacial score (nSPS) is 10.7. The SMILES string of the molecule is O=C(c1cccc(-c2ccsc2)c1)c1cccc(-c2ccsc2)c1. The van der Waals surface area contributed by atoms with Crippen molar-refractivity contribution in [3.63, 3.8) is 0 Å². The Morgan fingerprint density at radius 3 is 1.54 bits per heavy atom. The smallest absolute Gasteiger partial charge is 0.193 e. The second-order valence-electron chi connectivity index (χ2n) is 5.51. The van der Waals surface area contributed by atoms with Gasteiger partial charge in [0.25, 0.3) is 0 Å². The maximum Gasteiger partial charge on any atom is 0.193 e. The van der Waals surface area contributed by atoms with Crippen LogP contribution in [0.25, 0.3) is 22.3 Å². The van der Waals surface area contributed by atoms with Crippen molar-refractivity contribution in [3.05, 3.63) is 93.3 Å². The first-order valence-corrected chi connectivity index (χ1v) is 9.50. The minimum absolute atomic E-state index is 0.0594. The Balaban J connectivity index is 1.69. The van der Waals surface area contributed by atoms with Gasteiger partial charge in [0.2, 0.25) is 0 Å². The van der Waals surface area contributed by atoms with Crippen LogP contribution in [0.4, 0.5) is 0 Å². The van der Waals surface area contributed by atoms with E-state index in [1.165, 1.54) is 0 Å². The molecule has 1 nitrogen and oxygen atoms in total. The average molecular weight is 346 g/mol. The summed E-state index contributed by atoms with van der Waals surface area (Å²) in [5, 5.41) is 8.30. The molecule has 4 aromatic rings. The predicted octanol–water partition coefficient (Wildman–Crippen LogP) is 6.37. The molecule has 0 radical (unpaired) electrons. The zero-order valence-corrected chi connectivity index (χ0v) is 14.4. The summed E-state index contributed by atoms with van der Waals surface area (Å²) in [4.78, 5) is 12.9. The molecule has 0 amide bonds. The van der Waals surface area contributed by atoms with Crippen LogP contribution < -0.4 is 0 Å². The van der Waals surface area contributed by atoms with E-state index in [4.69, 9.17) is 0 Å². The van der Waals surface area contributed by atoms with E-state index in [1.54, 1.807) is 22.7 Å². The van der Waals surface area contributed by atoms with Crippen molar-refractivity contribution < 1.29 is 4.79 Å². The minimum Gasteiger partial charge on any atom is -0.289 e. The van der Waals surface area contributed by atoms with Crippen LogP contribution in [-0.4, -0.2) is 5.78 Å². The maximum absolute atomic E-state index is 12.9. The van der Waals surface area contributed by atoms with E-state index in [0.29, 0.717) is 0 Å². The van der Waals surface area contributed by atoms with Gasteiger partial charge in [0.1, 0.15) is 0 Å². The summed E-state index contributed by atoms with van der Waals surface area (Å²) < 4.78 is 0. The number of benzene rings is 2. The topological polar surface area (TPSA) is 17.1 Å². The molecule has 0 atom stereocenters. The molecule has 2 heterocycles. The average Bonchev–Trinajstić information content (AvgIpc) is 3.35. The monoisotopic (exact) mass is 346 g/mol. The molecule has 0 unspecified atom stereocenters. The summed E-state index contributed by atoms with van der Waals surface area (Å²) in [6.45, 7) is 0. The molecule has 0 saturated carbocycles. The first-order valence-electron chi connectivity index (χ1n) is 7.61. The number of ketones is 1. The fraction of sp³-hybridized carbons (Fsp3) is 0. The Hall–Kier alpha value is -2.49. The summed E-state index contributed by atoms with van der Waals surface area (Å²) in [7, 11) is 0. The van der Waals surface area contributed by atoms with Crippen LogP contribution in [0.3, 0.4) is 0 Å². The molecule has 0 N–H and O–H groups in total. The molecular weight excluding hydrogens is 332 g/mol. The Labute approximate surface area is 148 Å². The lowest BCUT2D eigenvalue weighted by molar-refractivity contribution is 0.103. The summed E-state index contributed by atoms with van der Waals surface area (Å²) >= 11 is 3.32. The molecular formula is C21H14OS2. The standard InChI is InChI=1S/C21H14OS2/c22-21(17-5-1-3-15(11-17)19-7-9-23-13-19)18-6-2-4-16(12-18)20-8-10-24-14-20/h1-14H. The number of hydrogen-bond donors (Lipinski definition) is 0. The molecule has 4 rings (SSSR count). The van der Waals surface area contributed by atoms with Crippen molar-refractivity contribution in [2.45, 2.75) is 0 Å². The Kier molecular flexibility index (Phi) is 4.11. The lowest BCUT2D eigenvalue weighted by Gasteiger charge is -2.06. The minimum atomic E-state index is 0.0594. The number of hydrogen-bond acceptors (Lipinski definition) is 3. The van der Waals surface area contributed by atoms with Crippen molar-refractivity contribution >= 4 is 28.5 Å². The Morgan fingerprint density at radius 2 is 1.12 bits per heavy atom. The summed E-state index contributed by atoms with van der Waals surface area (Å²) in [6.07, 6.45) is 0. The first kappa shape index (κ1) is 15.1. The molecule has 0 fully saturated rings. The highest BCUT2D eigenvalue weighted by molar-refractivity contribution is 7.08. The van der Waals surface area contributed by atoms with Gasteiger partial charge in [-0.3, -0.25) is 4.79 Å². The molecule has 24 heavy (non-hydrogen) atoms. The third-order valence-corrected chi connectivity index (χ3v) is 5.33. The quantitative estimate of drug-likeness (QED) is 0.392. The van der Waals surface area contributed by atoms with E-state index in [0.717, 1.165) is 33.4 Å². The highest BCUT2D eigenvalue weighted by atomic mass is 32.1. The van der Waals surface area contributed by atoms with Crippen molar-refractivity contribution in [1.29, 1.82) is 0 Å². The van der Waals surface area contributed by atoms with Gasteiger partial charge in [-0.2, -0.15) is 22.7 Å². The van der Waals surface area contributed by atoms with E-state index in [1.807, 2.05) is 59.3 Å². The molecule has 0 saturated heterocycles. The van der Waals surface area contributed by atoms with E-state index < -0.39 is 0 Å². The second-order valence-corrected chi connectivity index (χ2v) is 7.07. The number of carbonyl (C=O) groups is 1. The first-order chi connectivity index (χ1) is 11.8. The van der Waals surface area contributed by atoms with Gasteiger partial charge in [-0.25, -0.2) is 0 Å². The van der Waals surface area contributed by atoms with Gasteiger partial charge in [0, 0.05) is 11.1 Å². The van der Waals surface area contributed by atoms with Gasteiger partial charge in [-0.05, 0) is 68.0 Å². The van der Waals surface area contributed by atoms with Crippen LogP contribution >= 0.6 is 22.7 Å².